The van der Waals surface area contributed by atoms with Crippen molar-refractivity contribution in [1.82, 2.24) is 19.6 Å². The molecule has 0 aliphatic carbocycles. The third-order valence-corrected chi connectivity index (χ3v) is 21.6. The van der Waals surface area contributed by atoms with Gasteiger partial charge < -0.3 is 79.8 Å². The number of nitrogens with zero attached hydrogens (tertiary/aromatic N) is 4. The second kappa shape index (κ2) is 43.9. The number of nitrogens with two attached hydrogens (primary N) is 4. The number of esters is 4. The topological polar surface area (TPSA) is 296 Å². The van der Waals surface area contributed by atoms with Crippen LogP contribution in [0.2, 0.25) is 0 Å². The summed E-state index contributed by atoms with van der Waals surface area (Å²) in [5.41, 5.74) is 23.1. The lowest BCUT2D eigenvalue weighted by Crippen LogP contribution is -2.51. The Kier molecular flexibility index (Phi) is 16.5. The van der Waals surface area contributed by atoms with Gasteiger partial charge in [-0.1, -0.05) is 110 Å². The van der Waals surface area contributed by atoms with Gasteiger partial charge >= 0.3 is 23.9 Å². The Hall–Kier alpha value is -7.16. The second-order valence-corrected chi connectivity index (χ2v) is 31.7. The molecule has 12 unspecified atom stereocenters. The minimum Gasteiger partial charge on any atom is -0.493 e. The Balaban J connectivity index is 0.000000257. The molecule has 12 rings (SSSR count). The van der Waals surface area contributed by atoms with E-state index in [0.29, 0.717) is 18.4 Å². The van der Waals surface area contributed by atoms with Crippen molar-refractivity contribution in [1.29, 1.82) is 0 Å². The highest BCUT2D eigenvalue weighted by molar-refractivity contribution is 5.77. The zero-order valence-electron chi connectivity index (χ0n) is 126. The Morgan fingerprint density at radius 3 is 0.825 bits per heavy atom. The van der Waals surface area contributed by atoms with E-state index in [9.17, 15) is 21.9 Å². The summed E-state index contributed by atoms with van der Waals surface area (Å²) in [4.78, 5) is 58.8. The first kappa shape index (κ1) is 45.1. The molecule has 0 saturated carbocycles. The molecule has 8 aliphatic heterocycles. The number of methoxy groups -OCH3 is 8. The number of piperidine rings is 4. The highest BCUT2D eigenvalue weighted by atomic mass is 16.6. The minimum absolute atomic E-state index is 0.00225. The van der Waals surface area contributed by atoms with E-state index in [1.165, 1.54) is 93.8 Å². The monoisotopic (exact) mass is 1730 g/mol. The minimum atomic E-state index is -3.88. The lowest BCUT2D eigenvalue weighted by molar-refractivity contribution is -0.161. The summed E-state index contributed by atoms with van der Waals surface area (Å²) in [6.07, 6.45) is -18.2. The normalized spacial score (nSPS) is 38.8. The molecule has 0 aromatic heterocycles. The van der Waals surface area contributed by atoms with Crippen LogP contribution in [-0.2, 0) is 63.6 Å². The van der Waals surface area contributed by atoms with E-state index < -0.39 is 289 Å². The summed E-state index contributed by atoms with van der Waals surface area (Å²) in [5.74, 6) is -26.7. The first-order valence-electron chi connectivity index (χ1n) is 67.0. The van der Waals surface area contributed by atoms with Crippen molar-refractivity contribution in [3.05, 3.63) is 93.0 Å². The Morgan fingerprint density at radius 2 is 0.583 bits per heavy atom. The van der Waals surface area contributed by atoms with Gasteiger partial charge in [0.25, 0.3) is 0 Å². The van der Waals surface area contributed by atoms with Gasteiger partial charge in [-0.3, -0.25) is 38.8 Å². The van der Waals surface area contributed by atoms with Crippen molar-refractivity contribution in [2.45, 2.75) is 260 Å². The van der Waals surface area contributed by atoms with Crippen LogP contribution in [0.25, 0.3) is 0 Å². The molecule has 0 radical (unpaired) electrons. The lowest BCUT2D eigenvalue weighted by Gasteiger charge is -2.47. The van der Waals surface area contributed by atoms with Gasteiger partial charge in [0, 0.05) is 186 Å². The van der Waals surface area contributed by atoms with Gasteiger partial charge in [-0.15, -0.1) is 0 Å². The Bertz CT molecular complexity index is 6490. The van der Waals surface area contributed by atoms with Crippen LogP contribution in [0.4, 0.5) is 0 Å². The molecule has 0 bridgehead atoms. The lowest BCUT2D eigenvalue weighted by atomic mass is 9.79. The molecule has 24 nitrogen and oxygen atoms in total. The third-order valence-electron chi connectivity index (χ3n) is 21.6. The van der Waals surface area contributed by atoms with E-state index in [4.69, 9.17) is 154 Å². The van der Waals surface area contributed by atoms with Crippen LogP contribution in [0.3, 0.4) is 0 Å². The standard InChI is InChI=1S/4C24H38N2O4/c4*1-14(2)9-17-13-26-8-7-16-10-21(28-5)22(29-6)11-18(16)19(26)12-20(17)30-24(27)23(25)15(3)4/h4*10-11,14-15,17,19-20,23H,7-9,12-13,25H2,1-6H3/t4*17?,19?,20?,23-/m0000/s1/i3D3,4D3,5D3,7D2,8D2,15D,20D,23D;3D3,4D3,7D2,8D2,15D,20D,23D;3D3,4D3,5D3,7D2,8D2,15D,23D;3D3,4D3,7D2,8D2,15D,23D. The predicted molar refractivity (Wildman–Crippen MR) is 471 cm³/mol. The maximum atomic E-state index is 13.5. The van der Waals surface area contributed by atoms with E-state index in [2.05, 4.69) is 0 Å². The molecule has 8 N–H and O–H groups in total. The summed E-state index contributed by atoms with van der Waals surface area (Å²) in [6.45, 7) is -26.9. The molecular formula is C96H152N8O16. The SMILES string of the molecule is [2H]C([2H])([2H])C([2H])(C([2H])([2H])[2H])[C@]([2H])(N)C(=O)OC1CC2c3cc(OC)c(OC)cc3C([2H])([2H])C([2H])([2H])N2CC1CC(C)C.[2H]C([2H])([2H])Oc1cc2c(cc1OC)C1CC(OC(=O)[C@@]([2H])(N)C([2H])(C([2H])([2H])[2H])C([2H])([2H])[2H])C(CC(C)C)CN1C([2H])([2H])C2([2H])[2H].[2H]C([2H])([2H])Oc1cc2c(cc1OC)C1CC([2H])(OC(=O)[C@@]([2H])(N)C([2H])(C([2H])([2H])[2H])C([2H])([2H])[2H])C(CC(C)C)CN1C([2H])([2H])C2([2H])[2H].[2H]C1(OC(=O)[C@@]([2H])(N)C([2H])(C([2H])([2H])[2H])C([2H])([2H])[2H])CC2c3cc(OC)c(OC)cc3C([2H])([2H])C([2H])([2H])N2CC1CC(C)C. The molecule has 8 aliphatic rings. The third kappa shape index (κ3) is 23.8. The molecule has 24 heteroatoms. The molecule has 672 valence electrons. The fraction of sp³-hybridized carbons (Fsp3) is 0.708. The number of rotatable bonds is 28. The predicted octanol–water partition coefficient (Wildman–Crippen LogP) is 14.3. The number of fused-ring (bicyclic) bond motifs is 12. The van der Waals surface area contributed by atoms with Crippen LogP contribution in [0.5, 0.6) is 46.0 Å². The molecule has 0 spiro atoms. The van der Waals surface area contributed by atoms with Gasteiger partial charge in [0.15, 0.2) is 46.0 Å². The first-order chi connectivity index (χ1) is 78.6. The van der Waals surface area contributed by atoms with Crippen molar-refractivity contribution in [3.8, 4) is 46.0 Å². The van der Waals surface area contributed by atoms with Crippen LogP contribution in [-0.4, -0.2) is 201 Å². The number of ether oxygens (including phenoxy) is 12. The van der Waals surface area contributed by atoms with Crippen LogP contribution in [0.1, 0.15) is 307 Å². The highest BCUT2D eigenvalue weighted by Crippen LogP contribution is 2.50. The van der Waals surface area contributed by atoms with Crippen molar-refractivity contribution in [2.24, 2.45) is 93.9 Å². The molecule has 0 amide bonds. The molecule has 8 heterocycles. The molecule has 4 aromatic carbocycles. The number of hydrogen-bond donors (Lipinski definition) is 4. The van der Waals surface area contributed by atoms with Crippen LogP contribution >= 0.6 is 0 Å². The van der Waals surface area contributed by atoms with E-state index in [1.807, 2.05) is 27.7 Å². The maximum absolute atomic E-state index is 13.5. The van der Waals surface area contributed by atoms with E-state index >= 15 is 0 Å². The van der Waals surface area contributed by atoms with Gasteiger partial charge in [0.1, 0.15) is 48.4 Å². The average Bonchev–Trinajstić information content (AvgIpc) is 0.621. The summed E-state index contributed by atoms with van der Waals surface area (Å²) in [6, 6.07) is -8.58. The van der Waals surface area contributed by atoms with Crippen molar-refractivity contribution in [2.75, 3.05) is 109 Å². The fourth-order valence-corrected chi connectivity index (χ4v) is 16.0. The largest absolute Gasteiger partial charge is 0.493 e. The number of carbonyl (C=O) groups is 4. The molecule has 4 aromatic rings. The summed E-state index contributed by atoms with van der Waals surface area (Å²) >= 11 is 0. The Morgan fingerprint density at radius 1 is 0.358 bits per heavy atom. The molecule has 4 saturated heterocycles. The second-order valence-electron chi connectivity index (χ2n) is 31.7. The zero-order chi connectivity index (χ0) is 137. The van der Waals surface area contributed by atoms with Crippen molar-refractivity contribution < 1.29 is 153 Å². The van der Waals surface area contributed by atoms with Gasteiger partial charge in [-0.2, -0.15) is 0 Å². The summed E-state index contributed by atoms with van der Waals surface area (Å²) in [5, 5.41) is 0. The fourth-order valence-electron chi connectivity index (χ4n) is 16.0. The zero-order valence-corrected chi connectivity index (χ0v) is 69.8. The van der Waals surface area contributed by atoms with E-state index in [1.54, 1.807) is 27.7 Å². The Labute approximate surface area is 797 Å². The van der Waals surface area contributed by atoms with Gasteiger partial charge in [0.2, 0.25) is 0 Å². The van der Waals surface area contributed by atoms with Gasteiger partial charge in [0.05, 0.1) is 73.2 Å². The number of benzene rings is 4. The van der Waals surface area contributed by atoms with Gasteiger partial charge in [-0.05, 0) is 191 Å². The molecule has 16 atom stereocenters. The van der Waals surface area contributed by atoms with Crippen LogP contribution < -0.4 is 60.8 Å². The van der Waals surface area contributed by atoms with Crippen molar-refractivity contribution in [3.63, 3.8) is 0 Å². The van der Waals surface area contributed by atoms with Crippen molar-refractivity contribution >= 4 is 23.9 Å². The molecule has 4 fully saturated rings. The first-order valence-corrected chi connectivity index (χ1v) is 39.0. The molecule has 120 heavy (non-hydrogen) atoms. The molecular weight excluding hydrogens is 1520 g/mol. The highest BCUT2D eigenvalue weighted by Gasteiger charge is 2.47. The number of hydrogen-bond acceptors (Lipinski definition) is 24. The number of aryl methyl sites for hydroxylation is 4. The summed E-state index contributed by atoms with van der Waals surface area (Å²) in [7, 11) is 1.94. The smallest absolute Gasteiger partial charge is 0.323 e. The quantitative estimate of drug-likeness (QED) is 0.0303. The average molecular weight is 1730 g/mol. The maximum Gasteiger partial charge on any atom is 0.323 e. The van der Waals surface area contributed by atoms with Gasteiger partial charge in [-0.25, -0.2) is 0 Å². The van der Waals surface area contributed by atoms with E-state index in [0.717, 1.165) is 17.0 Å². The van der Waals surface area contributed by atoms with Crippen LogP contribution in [0.15, 0.2) is 48.5 Å². The summed E-state index contributed by atoms with van der Waals surface area (Å²) < 4.78 is 520. The number of carbonyl (C=O) groups excluding carboxylic acids is 4. The van der Waals surface area contributed by atoms with E-state index in [-0.39, 0.29) is 148 Å². The van der Waals surface area contributed by atoms with Crippen LogP contribution in [0, 0.1) is 70.9 Å².